The number of nitrogens with zero attached hydrogens (tertiary/aromatic N) is 1. The van der Waals surface area contributed by atoms with Gasteiger partial charge >= 0.3 is 0 Å². The van der Waals surface area contributed by atoms with Gasteiger partial charge in [-0.25, -0.2) is 0 Å². The van der Waals surface area contributed by atoms with Gasteiger partial charge in [0.2, 0.25) is 0 Å². The van der Waals surface area contributed by atoms with Crippen molar-refractivity contribution in [2.75, 3.05) is 6.54 Å². The minimum atomic E-state index is -0.199. The van der Waals surface area contributed by atoms with E-state index in [2.05, 4.69) is 39.0 Å². The van der Waals surface area contributed by atoms with Crippen molar-refractivity contribution in [2.24, 2.45) is 0 Å². The number of hydrogen-bond donors (Lipinski definition) is 1. The molecular weight excluding hydrogens is 266 g/mol. The number of likely N-dealkylation sites (tertiary alicyclic amines) is 1. The van der Waals surface area contributed by atoms with Crippen molar-refractivity contribution >= 4 is 15.9 Å². The third-order valence-electron chi connectivity index (χ3n) is 3.61. The lowest BCUT2D eigenvalue weighted by atomic mass is 10.0. The summed E-state index contributed by atoms with van der Waals surface area (Å²) in [6.45, 7) is 1.04. The van der Waals surface area contributed by atoms with E-state index in [4.69, 9.17) is 0 Å². The number of aliphatic hydroxyl groups excluding tert-OH is 1. The van der Waals surface area contributed by atoms with Crippen LogP contribution in [-0.2, 0) is 0 Å². The summed E-state index contributed by atoms with van der Waals surface area (Å²) >= 11 is 3.50. The molecule has 0 bridgehead atoms. The van der Waals surface area contributed by atoms with Gasteiger partial charge in [-0.1, -0.05) is 28.1 Å². The molecule has 1 aromatic rings. The van der Waals surface area contributed by atoms with Crippen molar-refractivity contribution in [1.29, 1.82) is 0 Å². The largest absolute Gasteiger partial charge is 0.391 e. The number of halogens is 1. The zero-order chi connectivity index (χ0) is 11.1. The lowest BCUT2D eigenvalue weighted by Gasteiger charge is -2.26. The summed E-state index contributed by atoms with van der Waals surface area (Å²) in [7, 11) is 0. The molecule has 1 N–H and O–H groups in total. The first-order chi connectivity index (χ1) is 7.75. The first-order valence-electron chi connectivity index (χ1n) is 5.95. The van der Waals surface area contributed by atoms with Crippen LogP contribution >= 0.6 is 15.9 Å². The van der Waals surface area contributed by atoms with E-state index in [0.717, 1.165) is 23.5 Å². The van der Waals surface area contributed by atoms with Crippen LogP contribution < -0.4 is 0 Å². The van der Waals surface area contributed by atoms with Gasteiger partial charge in [0.05, 0.1) is 12.1 Å². The molecule has 0 aromatic heterocycles. The molecule has 1 aliphatic heterocycles. The molecule has 2 nitrogen and oxygen atoms in total. The van der Waals surface area contributed by atoms with E-state index in [0.29, 0.717) is 0 Å². The maximum atomic E-state index is 10.1. The van der Waals surface area contributed by atoms with Gasteiger partial charge in [-0.2, -0.15) is 0 Å². The van der Waals surface area contributed by atoms with E-state index < -0.39 is 0 Å². The highest BCUT2D eigenvalue weighted by atomic mass is 79.9. The molecule has 16 heavy (non-hydrogen) atoms. The summed E-state index contributed by atoms with van der Waals surface area (Å²) in [4.78, 5) is 2.48. The molecular formula is C13H16BrNO. The highest BCUT2D eigenvalue weighted by Gasteiger charge is 2.41. The number of benzene rings is 1. The Balaban J connectivity index is 1.90. The summed E-state index contributed by atoms with van der Waals surface area (Å²) < 4.78 is 1.10. The number of hydrogen-bond acceptors (Lipinski definition) is 2. The Morgan fingerprint density at radius 2 is 2.06 bits per heavy atom. The van der Waals surface area contributed by atoms with Crippen LogP contribution in [-0.4, -0.2) is 28.7 Å². The summed E-state index contributed by atoms with van der Waals surface area (Å²) in [6.07, 6.45) is 3.32. The van der Waals surface area contributed by atoms with Crippen molar-refractivity contribution in [3.63, 3.8) is 0 Å². The monoisotopic (exact) mass is 281 g/mol. The summed E-state index contributed by atoms with van der Waals surface area (Å²) in [6, 6.07) is 9.28. The molecule has 2 unspecified atom stereocenters. The van der Waals surface area contributed by atoms with E-state index >= 15 is 0 Å². The topological polar surface area (TPSA) is 23.5 Å². The van der Waals surface area contributed by atoms with Crippen LogP contribution in [0.5, 0.6) is 0 Å². The van der Waals surface area contributed by atoms with E-state index in [9.17, 15) is 5.11 Å². The minimum absolute atomic E-state index is 0.199. The Morgan fingerprint density at radius 3 is 2.75 bits per heavy atom. The molecule has 3 rings (SSSR count). The third-order valence-corrected chi connectivity index (χ3v) is 4.10. The standard InChI is InChI=1S/C13H16BrNO/c14-10-3-1-2-9(8-10)13-12(16)6-7-15(13)11-4-5-11/h1-3,8,11-13,16H,4-7H2. The van der Waals surface area contributed by atoms with Gasteiger partial charge in [-0.05, 0) is 37.0 Å². The summed E-state index contributed by atoms with van der Waals surface area (Å²) in [5.41, 5.74) is 1.24. The van der Waals surface area contributed by atoms with Crippen LogP contribution in [0.25, 0.3) is 0 Å². The first-order valence-corrected chi connectivity index (χ1v) is 6.74. The average molecular weight is 282 g/mol. The fourth-order valence-corrected chi connectivity index (χ4v) is 3.14. The van der Waals surface area contributed by atoms with E-state index in [1.807, 2.05) is 6.07 Å². The van der Waals surface area contributed by atoms with Gasteiger partial charge in [-0.3, -0.25) is 4.90 Å². The van der Waals surface area contributed by atoms with Crippen molar-refractivity contribution in [3.8, 4) is 0 Å². The van der Waals surface area contributed by atoms with E-state index in [1.165, 1.54) is 18.4 Å². The van der Waals surface area contributed by atoms with Crippen LogP contribution in [0.1, 0.15) is 30.9 Å². The second-order valence-electron chi connectivity index (χ2n) is 4.82. The van der Waals surface area contributed by atoms with Gasteiger partial charge in [-0.15, -0.1) is 0 Å². The molecule has 1 heterocycles. The van der Waals surface area contributed by atoms with Crippen LogP contribution in [0, 0.1) is 0 Å². The quantitative estimate of drug-likeness (QED) is 0.901. The Hall–Kier alpha value is -0.380. The number of rotatable bonds is 2. The van der Waals surface area contributed by atoms with Crippen molar-refractivity contribution < 1.29 is 5.11 Å². The van der Waals surface area contributed by atoms with Crippen LogP contribution in [0.15, 0.2) is 28.7 Å². The second-order valence-corrected chi connectivity index (χ2v) is 5.74. The Morgan fingerprint density at radius 1 is 1.25 bits per heavy atom. The van der Waals surface area contributed by atoms with Gasteiger partial charge < -0.3 is 5.11 Å². The Bertz CT molecular complexity index is 391. The molecule has 1 saturated carbocycles. The van der Waals surface area contributed by atoms with Gasteiger partial charge in [0.15, 0.2) is 0 Å². The third kappa shape index (κ3) is 1.92. The highest BCUT2D eigenvalue weighted by molar-refractivity contribution is 9.10. The Kier molecular flexibility index (Phi) is 2.78. The van der Waals surface area contributed by atoms with Crippen molar-refractivity contribution in [2.45, 2.75) is 37.5 Å². The fourth-order valence-electron chi connectivity index (χ4n) is 2.72. The molecule has 2 aliphatic rings. The molecule has 2 atom stereocenters. The first kappa shape index (κ1) is 10.8. The molecule has 0 spiro atoms. The maximum absolute atomic E-state index is 10.1. The summed E-state index contributed by atoms with van der Waals surface area (Å²) in [5, 5.41) is 10.1. The molecule has 1 saturated heterocycles. The van der Waals surface area contributed by atoms with Gasteiger partial charge in [0, 0.05) is 17.1 Å². The molecule has 1 aliphatic carbocycles. The van der Waals surface area contributed by atoms with Gasteiger partial charge in [0.25, 0.3) is 0 Å². The predicted molar refractivity (Wildman–Crippen MR) is 67.2 cm³/mol. The lowest BCUT2D eigenvalue weighted by molar-refractivity contribution is 0.112. The second kappa shape index (κ2) is 4.13. The SMILES string of the molecule is OC1CCN(C2CC2)C1c1cccc(Br)c1. The highest BCUT2D eigenvalue weighted by Crippen LogP contribution is 2.41. The predicted octanol–water partition coefficient (Wildman–Crippen LogP) is 2.72. The zero-order valence-electron chi connectivity index (χ0n) is 9.14. The zero-order valence-corrected chi connectivity index (χ0v) is 10.7. The molecule has 0 radical (unpaired) electrons. The number of aliphatic hydroxyl groups is 1. The van der Waals surface area contributed by atoms with Crippen molar-refractivity contribution in [3.05, 3.63) is 34.3 Å². The van der Waals surface area contributed by atoms with Crippen LogP contribution in [0.3, 0.4) is 0 Å². The lowest BCUT2D eigenvalue weighted by Crippen LogP contribution is -2.29. The van der Waals surface area contributed by atoms with E-state index in [1.54, 1.807) is 0 Å². The van der Waals surface area contributed by atoms with Gasteiger partial charge in [0.1, 0.15) is 0 Å². The maximum Gasteiger partial charge on any atom is 0.0749 e. The normalized spacial score (nSPS) is 30.9. The average Bonchev–Trinajstić information content (AvgIpc) is 3.02. The molecule has 1 aromatic carbocycles. The summed E-state index contributed by atoms with van der Waals surface area (Å²) in [5.74, 6) is 0. The van der Waals surface area contributed by atoms with E-state index in [-0.39, 0.29) is 12.1 Å². The molecule has 86 valence electrons. The van der Waals surface area contributed by atoms with Crippen LogP contribution in [0.4, 0.5) is 0 Å². The molecule has 2 fully saturated rings. The molecule has 0 amide bonds. The Labute approximate surface area is 104 Å². The smallest absolute Gasteiger partial charge is 0.0749 e. The minimum Gasteiger partial charge on any atom is -0.391 e. The van der Waals surface area contributed by atoms with Crippen molar-refractivity contribution in [1.82, 2.24) is 4.90 Å². The van der Waals surface area contributed by atoms with Crippen LogP contribution in [0.2, 0.25) is 0 Å². The fraction of sp³-hybridized carbons (Fsp3) is 0.538. The molecule has 3 heteroatoms.